The Morgan fingerprint density at radius 3 is 2.69 bits per heavy atom. The summed E-state index contributed by atoms with van der Waals surface area (Å²) in [5, 5.41) is 4.19. The van der Waals surface area contributed by atoms with Crippen molar-refractivity contribution >= 4 is 48.9 Å². The normalized spacial score (nSPS) is 21.5. The second-order valence-corrected chi connectivity index (χ2v) is 11.2. The lowest BCUT2D eigenvalue weighted by molar-refractivity contribution is 0.424. The van der Waals surface area contributed by atoms with Gasteiger partial charge in [-0.2, -0.15) is 0 Å². The maximum Gasteiger partial charge on any atom is 0.261 e. The molecule has 3 aromatic rings. The molecule has 3 aromatic carbocycles. The van der Waals surface area contributed by atoms with Crippen LogP contribution in [0.3, 0.4) is 0 Å². The minimum Gasteiger partial charge on any atom is -0.378 e. The predicted octanol–water partition coefficient (Wildman–Crippen LogP) is 7.04. The zero-order valence-electron chi connectivity index (χ0n) is 17.3. The standard InChI is InChI=1S/C25H22BrClN2O2S/c1-15-22(27)10-5-11-23(15)29-32(30,31)16-12-13-24-20(14-16)17-7-4-8-18(17)25(28-24)19-6-2-3-9-21(19)26/h2-7,9-14,17-18,25,28-29H,8H2,1H3/t17?,18?,25-/m1/s1. The van der Waals surface area contributed by atoms with Gasteiger partial charge < -0.3 is 5.32 Å². The number of halogens is 2. The number of hydrogen-bond donors (Lipinski definition) is 2. The van der Waals surface area contributed by atoms with Crippen LogP contribution in [0.5, 0.6) is 0 Å². The van der Waals surface area contributed by atoms with E-state index in [2.05, 4.69) is 50.3 Å². The average molecular weight is 530 g/mol. The monoisotopic (exact) mass is 528 g/mol. The van der Waals surface area contributed by atoms with Crippen molar-refractivity contribution in [2.24, 2.45) is 5.92 Å². The third-order valence-corrected chi connectivity index (χ3v) is 8.89. The number of rotatable bonds is 4. The highest BCUT2D eigenvalue weighted by Gasteiger charge is 2.39. The summed E-state index contributed by atoms with van der Waals surface area (Å²) in [5.74, 6) is 0.480. The lowest BCUT2D eigenvalue weighted by atomic mass is 9.77. The van der Waals surface area contributed by atoms with Crippen molar-refractivity contribution < 1.29 is 8.42 Å². The molecule has 0 spiro atoms. The van der Waals surface area contributed by atoms with E-state index in [-0.39, 0.29) is 16.9 Å². The molecule has 1 heterocycles. The average Bonchev–Trinajstić information content (AvgIpc) is 3.27. The van der Waals surface area contributed by atoms with Crippen LogP contribution in [0.4, 0.5) is 11.4 Å². The van der Waals surface area contributed by atoms with Crippen LogP contribution in [0.15, 0.2) is 82.2 Å². The molecule has 4 nitrogen and oxygen atoms in total. The van der Waals surface area contributed by atoms with E-state index >= 15 is 0 Å². The number of fused-ring (bicyclic) bond motifs is 3. The molecule has 2 N–H and O–H groups in total. The highest BCUT2D eigenvalue weighted by atomic mass is 79.9. The Hall–Kier alpha value is -2.28. The molecule has 1 aliphatic heterocycles. The highest BCUT2D eigenvalue weighted by Crippen LogP contribution is 2.51. The summed E-state index contributed by atoms with van der Waals surface area (Å²) < 4.78 is 30.1. The van der Waals surface area contributed by atoms with E-state index in [1.807, 2.05) is 18.2 Å². The van der Waals surface area contributed by atoms with Gasteiger partial charge in [0.1, 0.15) is 0 Å². The van der Waals surface area contributed by atoms with Crippen molar-refractivity contribution in [1.29, 1.82) is 0 Å². The first-order valence-electron chi connectivity index (χ1n) is 10.4. The zero-order valence-corrected chi connectivity index (χ0v) is 20.5. The van der Waals surface area contributed by atoms with Crippen molar-refractivity contribution in [2.75, 3.05) is 10.0 Å². The third kappa shape index (κ3) is 3.74. The lowest BCUT2D eigenvalue weighted by Gasteiger charge is -2.38. The zero-order chi connectivity index (χ0) is 22.5. The molecule has 0 saturated heterocycles. The van der Waals surface area contributed by atoms with E-state index < -0.39 is 10.0 Å². The van der Waals surface area contributed by atoms with Crippen LogP contribution in [0.2, 0.25) is 5.02 Å². The maximum absolute atomic E-state index is 13.2. The summed E-state index contributed by atoms with van der Waals surface area (Å²) in [5.41, 5.74) is 4.38. The van der Waals surface area contributed by atoms with Crippen molar-refractivity contribution in [3.05, 3.63) is 99.0 Å². The smallest absolute Gasteiger partial charge is 0.261 e. The van der Waals surface area contributed by atoms with Crippen LogP contribution in [-0.4, -0.2) is 8.42 Å². The van der Waals surface area contributed by atoms with E-state index in [0.29, 0.717) is 22.2 Å². The Morgan fingerprint density at radius 2 is 1.88 bits per heavy atom. The summed E-state index contributed by atoms with van der Waals surface area (Å²) in [6.45, 7) is 1.80. The largest absolute Gasteiger partial charge is 0.378 e. The van der Waals surface area contributed by atoms with Gasteiger partial charge in [-0.15, -0.1) is 0 Å². The predicted molar refractivity (Wildman–Crippen MR) is 134 cm³/mol. The molecule has 0 saturated carbocycles. The first-order valence-corrected chi connectivity index (χ1v) is 13.1. The molecule has 32 heavy (non-hydrogen) atoms. The molecule has 5 rings (SSSR count). The summed E-state index contributed by atoms with van der Waals surface area (Å²) >= 11 is 9.86. The molecule has 0 amide bonds. The number of sulfonamides is 1. The van der Waals surface area contributed by atoms with E-state index in [9.17, 15) is 8.42 Å². The van der Waals surface area contributed by atoms with Gasteiger partial charge in [-0.1, -0.05) is 63.9 Å². The Bertz CT molecular complexity index is 1340. The molecule has 3 atom stereocenters. The van der Waals surface area contributed by atoms with E-state index in [0.717, 1.165) is 22.1 Å². The number of benzene rings is 3. The summed E-state index contributed by atoms with van der Waals surface area (Å²) in [4.78, 5) is 0.246. The SMILES string of the molecule is Cc1c(Cl)cccc1NS(=O)(=O)c1ccc2c(c1)C1C=CCC1[C@H](c1ccccc1Br)N2. The first kappa shape index (κ1) is 21.6. The number of anilines is 2. The molecule has 0 radical (unpaired) electrons. The van der Waals surface area contributed by atoms with Gasteiger partial charge in [0.15, 0.2) is 0 Å². The second kappa shape index (κ2) is 8.25. The van der Waals surface area contributed by atoms with Gasteiger partial charge in [-0.05, 0) is 72.4 Å². The van der Waals surface area contributed by atoms with E-state index in [1.54, 1.807) is 37.3 Å². The van der Waals surface area contributed by atoms with Crippen LogP contribution in [0.25, 0.3) is 0 Å². The molecule has 0 bridgehead atoms. The first-order chi connectivity index (χ1) is 15.3. The topological polar surface area (TPSA) is 58.2 Å². The van der Waals surface area contributed by atoms with Gasteiger partial charge in [0.05, 0.1) is 16.6 Å². The van der Waals surface area contributed by atoms with Crippen LogP contribution >= 0.6 is 27.5 Å². The molecule has 1 aliphatic carbocycles. The molecule has 0 aromatic heterocycles. The molecular formula is C25H22BrClN2O2S. The molecule has 2 unspecified atom stereocenters. The Labute approximate surface area is 201 Å². The van der Waals surface area contributed by atoms with Crippen molar-refractivity contribution in [2.45, 2.75) is 30.2 Å². The minimum atomic E-state index is -3.76. The number of hydrogen-bond acceptors (Lipinski definition) is 3. The third-order valence-electron chi connectivity index (χ3n) is 6.40. The molecule has 7 heteroatoms. The fourth-order valence-corrected chi connectivity index (χ4v) is 6.56. The van der Waals surface area contributed by atoms with Crippen LogP contribution in [-0.2, 0) is 10.0 Å². The van der Waals surface area contributed by atoms with Crippen molar-refractivity contribution in [1.82, 2.24) is 0 Å². The summed E-state index contributed by atoms with van der Waals surface area (Å²) in [7, 11) is -3.76. The fourth-order valence-electron chi connectivity index (χ4n) is 4.70. The van der Waals surface area contributed by atoms with E-state index in [1.165, 1.54) is 5.56 Å². The minimum absolute atomic E-state index is 0.146. The van der Waals surface area contributed by atoms with Gasteiger partial charge in [-0.25, -0.2) is 8.42 Å². The molecule has 0 fully saturated rings. The van der Waals surface area contributed by atoms with Crippen molar-refractivity contribution in [3.8, 4) is 0 Å². The maximum atomic E-state index is 13.2. The fraction of sp³-hybridized carbons (Fsp3) is 0.200. The molecular weight excluding hydrogens is 508 g/mol. The second-order valence-electron chi connectivity index (χ2n) is 8.26. The van der Waals surface area contributed by atoms with Crippen molar-refractivity contribution in [3.63, 3.8) is 0 Å². The quantitative estimate of drug-likeness (QED) is 0.356. The highest BCUT2D eigenvalue weighted by molar-refractivity contribution is 9.10. The molecule has 164 valence electrons. The number of nitrogens with one attached hydrogen (secondary N) is 2. The lowest BCUT2D eigenvalue weighted by Crippen LogP contribution is -2.29. The molecule has 2 aliphatic rings. The van der Waals surface area contributed by atoms with Crippen LogP contribution in [0, 0.1) is 12.8 Å². The van der Waals surface area contributed by atoms with E-state index in [4.69, 9.17) is 11.6 Å². The Morgan fingerprint density at radius 1 is 1.06 bits per heavy atom. The Balaban J connectivity index is 1.51. The number of allylic oxidation sites excluding steroid dienone is 2. The van der Waals surface area contributed by atoms with Crippen LogP contribution in [0.1, 0.15) is 35.1 Å². The van der Waals surface area contributed by atoms with Gasteiger partial charge in [-0.3, -0.25) is 4.72 Å². The van der Waals surface area contributed by atoms with Crippen LogP contribution < -0.4 is 10.0 Å². The van der Waals surface area contributed by atoms with Gasteiger partial charge >= 0.3 is 0 Å². The summed E-state index contributed by atoms with van der Waals surface area (Å²) in [6, 6.07) is 18.9. The Kier molecular flexibility index (Phi) is 5.56. The summed E-state index contributed by atoms with van der Waals surface area (Å²) in [6.07, 6.45) is 5.35. The van der Waals surface area contributed by atoms with Gasteiger partial charge in [0.25, 0.3) is 10.0 Å². The van der Waals surface area contributed by atoms with Gasteiger partial charge in [0, 0.05) is 21.1 Å². The van der Waals surface area contributed by atoms with Gasteiger partial charge in [0.2, 0.25) is 0 Å².